The number of hydrogen-bond acceptors (Lipinski definition) is 3. The molecule has 0 aliphatic carbocycles. The molecule has 1 amide bonds. The van der Waals surface area contributed by atoms with Gasteiger partial charge in [-0.05, 0) is 39.0 Å². The third-order valence-corrected chi connectivity index (χ3v) is 3.49. The number of likely N-dealkylation sites (tertiary alicyclic amines) is 1. The molecule has 0 unspecified atom stereocenters. The number of likely N-dealkylation sites (N-methyl/N-ethyl adjacent to an activating group) is 1. The molecule has 0 radical (unpaired) electrons. The molecule has 0 aromatic carbocycles. The minimum absolute atomic E-state index is 0.142. The van der Waals surface area contributed by atoms with Gasteiger partial charge in [-0.1, -0.05) is 0 Å². The highest BCUT2D eigenvalue weighted by Crippen LogP contribution is 2.14. The Kier molecular flexibility index (Phi) is 3.78. The molecule has 0 bridgehead atoms. The van der Waals surface area contributed by atoms with Crippen LogP contribution in [-0.4, -0.2) is 58.7 Å². The van der Waals surface area contributed by atoms with Gasteiger partial charge in [0, 0.05) is 25.5 Å². The molecule has 0 N–H and O–H groups in total. The van der Waals surface area contributed by atoms with E-state index in [0.29, 0.717) is 12.6 Å². The minimum Gasteiger partial charge on any atom is -0.341 e. The Morgan fingerprint density at radius 1 is 1.47 bits per heavy atom. The van der Waals surface area contributed by atoms with E-state index in [1.54, 1.807) is 10.9 Å². The highest BCUT2D eigenvalue weighted by atomic mass is 16.2. The number of carbonyl (C=O) groups is 1. The monoisotopic (exact) mass is 236 g/mol. The van der Waals surface area contributed by atoms with Crippen LogP contribution in [0.3, 0.4) is 0 Å². The number of hydrogen-bond donors (Lipinski definition) is 0. The van der Waals surface area contributed by atoms with Crippen LogP contribution in [0.1, 0.15) is 12.8 Å². The molecule has 17 heavy (non-hydrogen) atoms. The number of amides is 1. The average Bonchev–Trinajstić information content (AvgIpc) is 2.82. The summed E-state index contributed by atoms with van der Waals surface area (Å²) in [4.78, 5) is 16.2. The highest BCUT2D eigenvalue weighted by molar-refractivity contribution is 5.75. The van der Waals surface area contributed by atoms with E-state index in [2.05, 4.69) is 17.0 Å². The number of nitrogens with zero attached hydrogens (tertiary/aromatic N) is 4. The Balaban J connectivity index is 1.86. The Hall–Kier alpha value is -1.36. The van der Waals surface area contributed by atoms with Crippen LogP contribution < -0.4 is 0 Å². The predicted octanol–water partition coefficient (Wildman–Crippen LogP) is 0.436. The van der Waals surface area contributed by atoms with Crippen LogP contribution in [0.5, 0.6) is 0 Å². The molecule has 0 atom stereocenters. The van der Waals surface area contributed by atoms with Crippen molar-refractivity contribution >= 4 is 5.91 Å². The summed E-state index contributed by atoms with van der Waals surface area (Å²) in [5.41, 5.74) is 0. The number of aromatic nitrogens is 2. The molecule has 5 nitrogen and oxygen atoms in total. The van der Waals surface area contributed by atoms with Crippen molar-refractivity contribution in [1.29, 1.82) is 0 Å². The van der Waals surface area contributed by atoms with Crippen LogP contribution in [0.15, 0.2) is 18.5 Å². The van der Waals surface area contributed by atoms with Crippen LogP contribution >= 0.6 is 0 Å². The predicted molar refractivity (Wildman–Crippen MR) is 65.5 cm³/mol. The molecule has 2 heterocycles. The summed E-state index contributed by atoms with van der Waals surface area (Å²) in [5.74, 6) is 0.142. The molecule has 1 saturated heterocycles. The van der Waals surface area contributed by atoms with E-state index in [0.717, 1.165) is 25.9 Å². The van der Waals surface area contributed by atoms with E-state index in [4.69, 9.17) is 0 Å². The first kappa shape index (κ1) is 12.1. The Morgan fingerprint density at radius 3 is 2.76 bits per heavy atom. The summed E-state index contributed by atoms with van der Waals surface area (Å²) in [6.45, 7) is 2.49. The zero-order chi connectivity index (χ0) is 12.3. The van der Waals surface area contributed by atoms with E-state index < -0.39 is 0 Å². The molecule has 0 saturated carbocycles. The van der Waals surface area contributed by atoms with E-state index >= 15 is 0 Å². The van der Waals surface area contributed by atoms with Crippen LogP contribution in [0.2, 0.25) is 0 Å². The van der Waals surface area contributed by atoms with Gasteiger partial charge < -0.3 is 9.80 Å². The second-order valence-electron chi connectivity index (χ2n) is 4.74. The van der Waals surface area contributed by atoms with Crippen molar-refractivity contribution in [3.05, 3.63) is 18.5 Å². The summed E-state index contributed by atoms with van der Waals surface area (Å²) < 4.78 is 1.67. The second kappa shape index (κ2) is 5.31. The number of piperidine rings is 1. The third kappa shape index (κ3) is 3.06. The van der Waals surface area contributed by atoms with Crippen molar-refractivity contribution in [3.8, 4) is 0 Å². The van der Waals surface area contributed by atoms with Gasteiger partial charge in [0.15, 0.2) is 0 Å². The van der Waals surface area contributed by atoms with Crippen molar-refractivity contribution in [2.75, 3.05) is 27.2 Å². The maximum atomic E-state index is 12.0. The lowest BCUT2D eigenvalue weighted by Gasteiger charge is -2.35. The molecule has 94 valence electrons. The average molecular weight is 236 g/mol. The lowest BCUT2D eigenvalue weighted by atomic mass is 10.0. The van der Waals surface area contributed by atoms with E-state index in [1.807, 2.05) is 24.2 Å². The summed E-state index contributed by atoms with van der Waals surface area (Å²) >= 11 is 0. The van der Waals surface area contributed by atoms with Crippen molar-refractivity contribution < 1.29 is 4.79 Å². The van der Waals surface area contributed by atoms with E-state index in [1.165, 1.54) is 0 Å². The summed E-state index contributed by atoms with van der Waals surface area (Å²) in [5, 5.41) is 4.06. The van der Waals surface area contributed by atoms with Gasteiger partial charge in [-0.15, -0.1) is 0 Å². The Morgan fingerprint density at radius 2 is 2.18 bits per heavy atom. The standard InChI is InChI=1S/C12H20N4O/c1-14-8-4-11(5-9-14)15(2)12(17)10-16-7-3-6-13-16/h3,6-7,11H,4-5,8-10H2,1-2H3. The summed E-state index contributed by atoms with van der Waals surface area (Å²) in [7, 11) is 4.03. The largest absolute Gasteiger partial charge is 0.341 e. The SMILES string of the molecule is CN1CCC(N(C)C(=O)Cn2cccn2)CC1. The second-order valence-corrected chi connectivity index (χ2v) is 4.74. The van der Waals surface area contributed by atoms with Gasteiger partial charge in [0.25, 0.3) is 0 Å². The van der Waals surface area contributed by atoms with Gasteiger partial charge in [0.2, 0.25) is 5.91 Å². The third-order valence-electron chi connectivity index (χ3n) is 3.49. The minimum atomic E-state index is 0.142. The molecular weight excluding hydrogens is 216 g/mol. The molecular formula is C12H20N4O. The Bertz CT molecular complexity index is 355. The molecule has 2 rings (SSSR count). The number of carbonyl (C=O) groups excluding carboxylic acids is 1. The number of rotatable bonds is 3. The summed E-state index contributed by atoms with van der Waals surface area (Å²) in [6, 6.07) is 2.22. The molecule has 1 fully saturated rings. The normalized spacial score (nSPS) is 18.2. The van der Waals surface area contributed by atoms with Crippen molar-refractivity contribution in [2.45, 2.75) is 25.4 Å². The van der Waals surface area contributed by atoms with Crippen LogP contribution in [0.4, 0.5) is 0 Å². The maximum absolute atomic E-state index is 12.0. The molecule has 1 aliphatic rings. The molecule has 1 aromatic rings. The highest BCUT2D eigenvalue weighted by Gasteiger charge is 2.23. The van der Waals surface area contributed by atoms with Gasteiger partial charge in [-0.3, -0.25) is 9.48 Å². The zero-order valence-electron chi connectivity index (χ0n) is 10.5. The smallest absolute Gasteiger partial charge is 0.244 e. The quantitative estimate of drug-likeness (QED) is 0.764. The maximum Gasteiger partial charge on any atom is 0.244 e. The van der Waals surface area contributed by atoms with Gasteiger partial charge in [-0.2, -0.15) is 5.10 Å². The Labute approximate surface area is 102 Å². The fraction of sp³-hybridized carbons (Fsp3) is 0.667. The van der Waals surface area contributed by atoms with Gasteiger partial charge in [0.05, 0.1) is 0 Å². The summed E-state index contributed by atoms with van der Waals surface area (Å²) in [6.07, 6.45) is 5.65. The van der Waals surface area contributed by atoms with Crippen molar-refractivity contribution in [2.24, 2.45) is 0 Å². The van der Waals surface area contributed by atoms with Crippen molar-refractivity contribution in [3.63, 3.8) is 0 Å². The van der Waals surface area contributed by atoms with Gasteiger partial charge in [0.1, 0.15) is 6.54 Å². The van der Waals surface area contributed by atoms with Gasteiger partial charge in [-0.25, -0.2) is 0 Å². The molecule has 5 heteroatoms. The molecule has 1 aromatic heterocycles. The van der Waals surface area contributed by atoms with Crippen LogP contribution in [-0.2, 0) is 11.3 Å². The first-order valence-corrected chi connectivity index (χ1v) is 6.08. The van der Waals surface area contributed by atoms with E-state index in [9.17, 15) is 4.79 Å². The topological polar surface area (TPSA) is 41.4 Å². The lowest BCUT2D eigenvalue weighted by Crippen LogP contribution is -2.45. The fourth-order valence-electron chi connectivity index (χ4n) is 2.23. The van der Waals surface area contributed by atoms with Crippen LogP contribution in [0.25, 0.3) is 0 Å². The lowest BCUT2D eigenvalue weighted by molar-refractivity contribution is -0.133. The first-order valence-electron chi connectivity index (χ1n) is 6.08. The zero-order valence-corrected chi connectivity index (χ0v) is 10.5. The fourth-order valence-corrected chi connectivity index (χ4v) is 2.23. The van der Waals surface area contributed by atoms with Gasteiger partial charge >= 0.3 is 0 Å². The first-order chi connectivity index (χ1) is 8.16. The van der Waals surface area contributed by atoms with E-state index in [-0.39, 0.29) is 5.91 Å². The van der Waals surface area contributed by atoms with Crippen molar-refractivity contribution in [1.82, 2.24) is 19.6 Å². The van der Waals surface area contributed by atoms with Crippen LogP contribution in [0, 0.1) is 0 Å². The molecule has 1 aliphatic heterocycles. The molecule has 0 spiro atoms.